The van der Waals surface area contributed by atoms with E-state index in [9.17, 15) is 0 Å². The van der Waals surface area contributed by atoms with Gasteiger partial charge in [0.15, 0.2) is 0 Å². The Morgan fingerprint density at radius 3 is 2.67 bits per heavy atom. The maximum Gasteiger partial charge on any atom is 0.224 e. The zero-order valence-corrected chi connectivity index (χ0v) is 10.9. The second kappa shape index (κ2) is 5.60. The summed E-state index contributed by atoms with van der Waals surface area (Å²) in [6, 6.07) is 11.8. The standard InChI is InChI=1S/C14H14N2OS/c1-10-7-8-16-14(12(10)13(15)18)17-9-11-5-3-2-4-6-11/h2-8H,9H2,1H3,(H2,15,18). The number of pyridine rings is 1. The Kier molecular flexibility index (Phi) is 3.89. The highest BCUT2D eigenvalue weighted by Crippen LogP contribution is 2.19. The zero-order valence-electron chi connectivity index (χ0n) is 10.1. The predicted octanol–water partition coefficient (Wildman–Crippen LogP) is 2.60. The minimum atomic E-state index is 0.309. The van der Waals surface area contributed by atoms with Gasteiger partial charge < -0.3 is 10.5 Å². The number of hydrogen-bond acceptors (Lipinski definition) is 3. The summed E-state index contributed by atoms with van der Waals surface area (Å²) < 4.78 is 5.69. The molecule has 4 heteroatoms. The fraction of sp³-hybridized carbons (Fsp3) is 0.143. The lowest BCUT2D eigenvalue weighted by atomic mass is 10.1. The maximum absolute atomic E-state index is 5.70. The predicted molar refractivity (Wildman–Crippen MR) is 75.6 cm³/mol. The maximum atomic E-state index is 5.70. The average Bonchev–Trinajstić information content (AvgIpc) is 2.37. The lowest BCUT2D eigenvalue weighted by Gasteiger charge is -2.11. The smallest absolute Gasteiger partial charge is 0.224 e. The largest absolute Gasteiger partial charge is 0.472 e. The molecule has 0 amide bonds. The molecule has 1 aromatic carbocycles. The van der Waals surface area contributed by atoms with Crippen LogP contribution in [0.2, 0.25) is 0 Å². The van der Waals surface area contributed by atoms with Gasteiger partial charge in [-0.2, -0.15) is 0 Å². The Morgan fingerprint density at radius 1 is 1.28 bits per heavy atom. The van der Waals surface area contributed by atoms with Crippen molar-refractivity contribution in [3.8, 4) is 5.88 Å². The number of aryl methyl sites for hydroxylation is 1. The Hall–Kier alpha value is -1.94. The Balaban J connectivity index is 2.20. The number of benzene rings is 1. The molecule has 3 nitrogen and oxygen atoms in total. The van der Waals surface area contributed by atoms with Gasteiger partial charge in [-0.3, -0.25) is 0 Å². The molecular weight excluding hydrogens is 244 g/mol. The van der Waals surface area contributed by atoms with E-state index in [1.165, 1.54) is 0 Å². The van der Waals surface area contributed by atoms with E-state index < -0.39 is 0 Å². The van der Waals surface area contributed by atoms with Gasteiger partial charge >= 0.3 is 0 Å². The number of nitrogens with two attached hydrogens (primary N) is 1. The van der Waals surface area contributed by atoms with E-state index >= 15 is 0 Å². The van der Waals surface area contributed by atoms with Crippen molar-refractivity contribution in [3.05, 3.63) is 59.3 Å². The highest BCUT2D eigenvalue weighted by atomic mass is 32.1. The number of nitrogens with zero attached hydrogens (tertiary/aromatic N) is 1. The van der Waals surface area contributed by atoms with Crippen molar-refractivity contribution in [1.82, 2.24) is 4.98 Å². The first-order chi connectivity index (χ1) is 8.68. The molecule has 92 valence electrons. The second-order valence-corrected chi connectivity index (χ2v) is 4.39. The third kappa shape index (κ3) is 2.84. The van der Waals surface area contributed by atoms with E-state index in [0.717, 1.165) is 11.1 Å². The molecule has 0 saturated carbocycles. The summed E-state index contributed by atoms with van der Waals surface area (Å²) in [6.45, 7) is 2.39. The van der Waals surface area contributed by atoms with Crippen molar-refractivity contribution in [2.75, 3.05) is 0 Å². The number of aromatic nitrogens is 1. The lowest BCUT2D eigenvalue weighted by Crippen LogP contribution is -2.14. The average molecular weight is 258 g/mol. The molecule has 2 rings (SSSR count). The summed E-state index contributed by atoms with van der Waals surface area (Å²) in [6.07, 6.45) is 1.69. The first kappa shape index (κ1) is 12.5. The monoisotopic (exact) mass is 258 g/mol. The summed E-state index contributed by atoms with van der Waals surface area (Å²) in [7, 11) is 0. The van der Waals surface area contributed by atoms with Crippen LogP contribution in [-0.4, -0.2) is 9.97 Å². The number of thiocarbonyl (C=S) groups is 1. The van der Waals surface area contributed by atoms with Gasteiger partial charge in [-0.15, -0.1) is 0 Å². The minimum Gasteiger partial charge on any atom is -0.472 e. The molecule has 0 aliphatic heterocycles. The van der Waals surface area contributed by atoms with Crippen LogP contribution >= 0.6 is 12.2 Å². The second-order valence-electron chi connectivity index (χ2n) is 3.95. The summed E-state index contributed by atoms with van der Waals surface area (Å²) in [5.41, 5.74) is 8.46. The van der Waals surface area contributed by atoms with Gasteiger partial charge in [-0.25, -0.2) is 4.98 Å². The summed E-state index contributed by atoms with van der Waals surface area (Å²) >= 11 is 5.03. The quantitative estimate of drug-likeness (QED) is 0.856. The molecule has 2 N–H and O–H groups in total. The van der Waals surface area contributed by atoms with E-state index in [0.29, 0.717) is 23.0 Å². The molecule has 2 aromatic rings. The first-order valence-corrected chi connectivity index (χ1v) is 6.01. The molecule has 18 heavy (non-hydrogen) atoms. The van der Waals surface area contributed by atoms with E-state index in [1.54, 1.807) is 6.20 Å². The molecule has 0 saturated heterocycles. The van der Waals surface area contributed by atoms with Crippen LogP contribution in [0.5, 0.6) is 5.88 Å². The Labute approximate surface area is 112 Å². The Morgan fingerprint density at radius 2 is 2.00 bits per heavy atom. The van der Waals surface area contributed by atoms with Crippen LogP contribution in [0, 0.1) is 6.92 Å². The van der Waals surface area contributed by atoms with Gasteiger partial charge in [-0.1, -0.05) is 42.5 Å². The molecule has 0 spiro atoms. The van der Waals surface area contributed by atoms with Crippen molar-refractivity contribution in [3.63, 3.8) is 0 Å². The van der Waals surface area contributed by atoms with Crippen LogP contribution in [0.4, 0.5) is 0 Å². The van der Waals surface area contributed by atoms with Gasteiger partial charge in [-0.05, 0) is 24.1 Å². The highest BCUT2D eigenvalue weighted by Gasteiger charge is 2.11. The first-order valence-electron chi connectivity index (χ1n) is 5.60. The summed E-state index contributed by atoms with van der Waals surface area (Å²) in [5.74, 6) is 0.492. The van der Waals surface area contributed by atoms with Crippen molar-refractivity contribution in [2.24, 2.45) is 5.73 Å². The van der Waals surface area contributed by atoms with Crippen molar-refractivity contribution < 1.29 is 4.74 Å². The molecule has 0 atom stereocenters. The number of hydrogen-bond donors (Lipinski definition) is 1. The van der Waals surface area contributed by atoms with Gasteiger partial charge in [0.1, 0.15) is 11.6 Å². The molecule has 0 radical (unpaired) electrons. The molecule has 0 aliphatic rings. The fourth-order valence-corrected chi connectivity index (χ4v) is 1.92. The lowest BCUT2D eigenvalue weighted by molar-refractivity contribution is 0.293. The van der Waals surface area contributed by atoms with Crippen LogP contribution < -0.4 is 10.5 Å². The molecule has 1 heterocycles. The molecule has 1 aromatic heterocycles. The van der Waals surface area contributed by atoms with Gasteiger partial charge in [0.25, 0.3) is 0 Å². The highest BCUT2D eigenvalue weighted by molar-refractivity contribution is 7.80. The van der Waals surface area contributed by atoms with Gasteiger partial charge in [0.05, 0.1) is 5.56 Å². The van der Waals surface area contributed by atoms with Gasteiger partial charge in [0.2, 0.25) is 5.88 Å². The van der Waals surface area contributed by atoms with Crippen LogP contribution in [-0.2, 0) is 6.61 Å². The van der Waals surface area contributed by atoms with E-state index in [1.807, 2.05) is 43.3 Å². The summed E-state index contributed by atoms with van der Waals surface area (Å²) in [4.78, 5) is 4.50. The van der Waals surface area contributed by atoms with Crippen molar-refractivity contribution in [1.29, 1.82) is 0 Å². The fourth-order valence-electron chi connectivity index (χ4n) is 1.67. The summed E-state index contributed by atoms with van der Waals surface area (Å²) in [5, 5.41) is 0. The van der Waals surface area contributed by atoms with E-state index in [-0.39, 0.29) is 0 Å². The van der Waals surface area contributed by atoms with Crippen molar-refractivity contribution >= 4 is 17.2 Å². The minimum absolute atomic E-state index is 0.309. The van der Waals surface area contributed by atoms with Crippen LogP contribution in [0.3, 0.4) is 0 Å². The van der Waals surface area contributed by atoms with Crippen LogP contribution in [0.1, 0.15) is 16.7 Å². The van der Waals surface area contributed by atoms with E-state index in [4.69, 9.17) is 22.7 Å². The van der Waals surface area contributed by atoms with Crippen molar-refractivity contribution in [2.45, 2.75) is 13.5 Å². The molecule has 0 bridgehead atoms. The third-order valence-electron chi connectivity index (χ3n) is 2.59. The molecular formula is C14H14N2OS. The third-order valence-corrected chi connectivity index (χ3v) is 2.79. The Bertz CT molecular complexity index is 555. The van der Waals surface area contributed by atoms with Crippen LogP contribution in [0.25, 0.3) is 0 Å². The van der Waals surface area contributed by atoms with Gasteiger partial charge in [0, 0.05) is 6.20 Å². The normalized spacial score (nSPS) is 10.1. The molecule has 0 unspecified atom stereocenters. The SMILES string of the molecule is Cc1ccnc(OCc2ccccc2)c1C(N)=S. The van der Waals surface area contributed by atoms with Crippen LogP contribution in [0.15, 0.2) is 42.6 Å². The zero-order chi connectivity index (χ0) is 13.0. The topological polar surface area (TPSA) is 48.1 Å². The number of rotatable bonds is 4. The molecule has 0 fully saturated rings. The van der Waals surface area contributed by atoms with E-state index in [2.05, 4.69) is 4.98 Å². The number of ether oxygens (including phenoxy) is 1. The molecule has 0 aliphatic carbocycles.